The van der Waals surface area contributed by atoms with Gasteiger partial charge in [-0.1, -0.05) is 22.9 Å². The van der Waals surface area contributed by atoms with Crippen molar-refractivity contribution in [2.24, 2.45) is 0 Å². The third kappa shape index (κ3) is 2.86. The van der Waals surface area contributed by atoms with Crippen molar-refractivity contribution in [3.63, 3.8) is 0 Å². The Morgan fingerprint density at radius 3 is 3.12 bits per heavy atom. The largest absolute Gasteiger partial charge is 0.493 e. The average molecular weight is 403 g/mol. The van der Waals surface area contributed by atoms with Crippen molar-refractivity contribution in [3.8, 4) is 5.75 Å². The van der Waals surface area contributed by atoms with Gasteiger partial charge in [-0.15, -0.1) is 0 Å². The van der Waals surface area contributed by atoms with Crippen LogP contribution in [0.25, 0.3) is 0 Å². The maximum Gasteiger partial charge on any atom is 0.226 e. The second kappa shape index (κ2) is 6.63. The lowest BCUT2D eigenvalue weighted by atomic mass is 9.85. The van der Waals surface area contributed by atoms with Crippen LogP contribution in [0.4, 0.5) is 5.95 Å². The highest BCUT2D eigenvalue weighted by atomic mass is 79.9. The van der Waals surface area contributed by atoms with Crippen LogP contribution in [0.1, 0.15) is 44.2 Å². The number of carbonyl (C=O) groups excluding carboxylic acids is 1. The van der Waals surface area contributed by atoms with Crippen LogP contribution in [-0.2, 0) is 4.79 Å². The number of ketones is 1. The van der Waals surface area contributed by atoms with Crippen LogP contribution in [-0.4, -0.2) is 27.2 Å². The maximum atomic E-state index is 12.7. The molecule has 6 nitrogen and oxygen atoms in total. The first kappa shape index (κ1) is 16.3. The van der Waals surface area contributed by atoms with Crippen molar-refractivity contribution >= 4 is 27.7 Å². The van der Waals surface area contributed by atoms with Gasteiger partial charge in [0.2, 0.25) is 5.95 Å². The molecule has 1 aromatic heterocycles. The lowest BCUT2D eigenvalue weighted by Gasteiger charge is -2.33. The molecule has 0 fully saturated rings. The third-order valence-electron chi connectivity index (χ3n) is 4.54. The molecule has 2 aromatic rings. The monoisotopic (exact) mass is 402 g/mol. The molecule has 1 N–H and O–H groups in total. The average Bonchev–Trinajstić information content (AvgIpc) is 3.07. The van der Waals surface area contributed by atoms with E-state index in [-0.39, 0.29) is 11.8 Å². The number of allylic oxidation sites excluding steroid dienone is 2. The highest BCUT2D eigenvalue weighted by molar-refractivity contribution is 9.10. The number of nitrogens with zero attached hydrogens (tertiary/aromatic N) is 3. The van der Waals surface area contributed by atoms with Crippen molar-refractivity contribution in [1.29, 1.82) is 0 Å². The Hall–Kier alpha value is -2.15. The van der Waals surface area contributed by atoms with E-state index in [1.807, 2.05) is 18.2 Å². The van der Waals surface area contributed by atoms with Gasteiger partial charge in [-0.05, 0) is 37.5 Å². The van der Waals surface area contributed by atoms with Crippen molar-refractivity contribution in [2.75, 3.05) is 11.9 Å². The Morgan fingerprint density at radius 2 is 2.28 bits per heavy atom. The predicted octanol–water partition coefficient (Wildman–Crippen LogP) is 3.85. The summed E-state index contributed by atoms with van der Waals surface area (Å²) in [6.07, 6.45) is 4.72. The van der Waals surface area contributed by atoms with E-state index in [0.29, 0.717) is 19.0 Å². The predicted molar refractivity (Wildman–Crippen MR) is 97.6 cm³/mol. The first-order valence-electron chi connectivity index (χ1n) is 8.54. The minimum Gasteiger partial charge on any atom is -0.493 e. The van der Waals surface area contributed by atoms with Crippen LogP contribution in [0.15, 0.2) is 40.3 Å². The number of benzene rings is 1. The van der Waals surface area contributed by atoms with E-state index >= 15 is 0 Å². The molecule has 1 unspecified atom stereocenters. The molecule has 130 valence electrons. The molecule has 4 rings (SSSR count). The normalized spacial score (nSPS) is 19.3. The standard InChI is InChI=1S/C18H19BrN4O2/c1-2-8-25-15-7-6-11(19)9-12(15)17-16-13(4-3-5-14(16)24)22-18-20-10-21-23(17)18/h6-7,9-10,17H,2-5,8H2,1H3,(H,20,21,22). The number of Topliss-reactive ketones (excluding diaryl/α,β-unsaturated/α-hetero) is 1. The van der Waals surface area contributed by atoms with Gasteiger partial charge in [0.25, 0.3) is 0 Å². The zero-order valence-corrected chi connectivity index (χ0v) is 15.5. The number of carbonyl (C=O) groups is 1. The Balaban J connectivity index is 1.89. The smallest absolute Gasteiger partial charge is 0.226 e. The summed E-state index contributed by atoms with van der Waals surface area (Å²) in [6, 6.07) is 5.60. The molecule has 0 amide bonds. The van der Waals surface area contributed by atoms with Gasteiger partial charge < -0.3 is 10.1 Å². The molecule has 2 heterocycles. The summed E-state index contributed by atoms with van der Waals surface area (Å²) in [5, 5.41) is 7.66. The minimum absolute atomic E-state index is 0.168. The van der Waals surface area contributed by atoms with Gasteiger partial charge in [0.05, 0.1) is 6.61 Å². The van der Waals surface area contributed by atoms with Crippen molar-refractivity contribution in [3.05, 3.63) is 45.8 Å². The quantitative estimate of drug-likeness (QED) is 0.840. The van der Waals surface area contributed by atoms with Gasteiger partial charge in [0.1, 0.15) is 18.1 Å². The molecule has 1 aliphatic carbocycles. The Labute approximate surface area is 154 Å². The molecule has 0 saturated heterocycles. The number of anilines is 1. The van der Waals surface area contributed by atoms with E-state index in [1.54, 1.807) is 4.68 Å². The van der Waals surface area contributed by atoms with Crippen LogP contribution >= 0.6 is 15.9 Å². The van der Waals surface area contributed by atoms with Crippen molar-refractivity contribution in [1.82, 2.24) is 14.8 Å². The Morgan fingerprint density at radius 1 is 1.40 bits per heavy atom. The summed E-state index contributed by atoms with van der Waals surface area (Å²) in [4.78, 5) is 17.0. The molecular weight excluding hydrogens is 384 g/mol. The van der Waals surface area contributed by atoms with Gasteiger partial charge in [0.15, 0.2) is 5.78 Å². The Bertz CT molecular complexity index is 859. The van der Waals surface area contributed by atoms with E-state index in [1.165, 1.54) is 6.33 Å². The fourth-order valence-corrected chi connectivity index (χ4v) is 3.84. The highest BCUT2D eigenvalue weighted by Crippen LogP contribution is 2.43. The lowest BCUT2D eigenvalue weighted by Crippen LogP contribution is -2.31. The summed E-state index contributed by atoms with van der Waals surface area (Å²) >= 11 is 3.55. The van der Waals surface area contributed by atoms with Crippen molar-refractivity contribution in [2.45, 2.75) is 38.6 Å². The van der Waals surface area contributed by atoms with E-state index < -0.39 is 0 Å². The number of ether oxygens (including phenoxy) is 1. The SMILES string of the molecule is CCCOc1ccc(Br)cc1C1C2=C(CCCC2=O)Nc2ncnn21. The van der Waals surface area contributed by atoms with Gasteiger partial charge >= 0.3 is 0 Å². The number of hydrogen-bond acceptors (Lipinski definition) is 5. The third-order valence-corrected chi connectivity index (χ3v) is 5.03. The zero-order chi connectivity index (χ0) is 17.4. The zero-order valence-electron chi connectivity index (χ0n) is 14.0. The molecule has 1 aliphatic heterocycles. The number of fused-ring (bicyclic) bond motifs is 1. The maximum absolute atomic E-state index is 12.7. The second-order valence-electron chi connectivity index (χ2n) is 6.26. The molecule has 0 radical (unpaired) electrons. The lowest BCUT2D eigenvalue weighted by molar-refractivity contribution is -0.116. The van der Waals surface area contributed by atoms with Gasteiger partial charge in [-0.3, -0.25) is 4.79 Å². The minimum atomic E-state index is -0.314. The molecule has 1 atom stereocenters. The van der Waals surface area contributed by atoms with E-state index in [2.05, 4.69) is 38.3 Å². The van der Waals surface area contributed by atoms with Crippen LogP contribution in [0.3, 0.4) is 0 Å². The molecule has 0 saturated carbocycles. The fraction of sp³-hybridized carbons (Fsp3) is 0.389. The van der Waals surface area contributed by atoms with Gasteiger partial charge in [-0.25, -0.2) is 4.68 Å². The first-order chi connectivity index (χ1) is 12.2. The van der Waals surface area contributed by atoms with Crippen LogP contribution < -0.4 is 10.1 Å². The topological polar surface area (TPSA) is 69.0 Å². The molecule has 1 aromatic carbocycles. The Kier molecular flexibility index (Phi) is 4.33. The summed E-state index contributed by atoms with van der Waals surface area (Å²) < 4.78 is 8.69. The van der Waals surface area contributed by atoms with Crippen LogP contribution in [0, 0.1) is 0 Å². The summed E-state index contributed by atoms with van der Waals surface area (Å²) in [5.74, 6) is 1.62. The summed E-state index contributed by atoms with van der Waals surface area (Å²) in [7, 11) is 0. The fourth-order valence-electron chi connectivity index (χ4n) is 3.46. The van der Waals surface area contributed by atoms with E-state index in [9.17, 15) is 4.79 Å². The highest BCUT2D eigenvalue weighted by Gasteiger charge is 2.37. The molecule has 0 bridgehead atoms. The summed E-state index contributed by atoms with van der Waals surface area (Å²) in [6.45, 7) is 2.70. The molecule has 2 aliphatic rings. The summed E-state index contributed by atoms with van der Waals surface area (Å²) in [5.41, 5.74) is 2.67. The molecule has 25 heavy (non-hydrogen) atoms. The van der Waals surface area contributed by atoms with Crippen LogP contribution in [0.2, 0.25) is 0 Å². The number of rotatable bonds is 4. The number of nitrogens with one attached hydrogen (secondary N) is 1. The van der Waals surface area contributed by atoms with Gasteiger partial charge in [-0.2, -0.15) is 10.1 Å². The van der Waals surface area contributed by atoms with Gasteiger partial charge in [0, 0.05) is 27.7 Å². The van der Waals surface area contributed by atoms with Crippen molar-refractivity contribution < 1.29 is 9.53 Å². The molecule has 7 heteroatoms. The second-order valence-corrected chi connectivity index (χ2v) is 7.17. The number of hydrogen-bond donors (Lipinski definition) is 1. The number of aromatic nitrogens is 3. The molecular formula is C18H19BrN4O2. The first-order valence-corrected chi connectivity index (χ1v) is 9.33. The molecule has 0 spiro atoms. The van der Waals surface area contributed by atoms with E-state index in [0.717, 1.165) is 46.3 Å². The van der Waals surface area contributed by atoms with Crippen LogP contribution in [0.5, 0.6) is 5.75 Å². The van der Waals surface area contributed by atoms with E-state index in [4.69, 9.17) is 4.74 Å². The number of halogens is 1.